The lowest BCUT2D eigenvalue weighted by molar-refractivity contribution is -0.144. The van der Waals surface area contributed by atoms with E-state index in [9.17, 15) is 4.79 Å². The van der Waals surface area contributed by atoms with Crippen LogP contribution in [0.5, 0.6) is 0 Å². The van der Waals surface area contributed by atoms with E-state index in [1.54, 1.807) is 14.2 Å². The van der Waals surface area contributed by atoms with Crippen molar-refractivity contribution >= 4 is 13.9 Å². The van der Waals surface area contributed by atoms with Crippen molar-refractivity contribution in [1.29, 1.82) is 0 Å². The van der Waals surface area contributed by atoms with E-state index in [-0.39, 0.29) is 23.9 Å². The van der Waals surface area contributed by atoms with Crippen molar-refractivity contribution in [3.8, 4) is 0 Å². The molecule has 4 aliphatic rings. The monoisotopic (exact) mass is 447 g/mol. The Morgan fingerprint density at radius 3 is 2.52 bits per heavy atom. The Balaban J connectivity index is 1.76. The minimum absolute atomic E-state index is 0.0249. The molecule has 0 aromatic heterocycles. The summed E-state index contributed by atoms with van der Waals surface area (Å²) in [5.74, 6) is 0.573. The van der Waals surface area contributed by atoms with Crippen molar-refractivity contribution in [2.24, 2.45) is 5.92 Å². The van der Waals surface area contributed by atoms with Crippen molar-refractivity contribution in [3.63, 3.8) is 0 Å². The summed E-state index contributed by atoms with van der Waals surface area (Å²) in [6.07, 6.45) is 8.21. The fraction of sp³-hybridized carbons (Fsp3) is 0.708. The number of hydrogen-bond acceptors (Lipinski definition) is 6. The van der Waals surface area contributed by atoms with Gasteiger partial charge in [0, 0.05) is 12.0 Å². The Morgan fingerprint density at radius 1 is 1.19 bits per heavy atom. The van der Waals surface area contributed by atoms with Gasteiger partial charge in [0.2, 0.25) is 11.5 Å². The predicted octanol–water partition coefficient (Wildman–Crippen LogP) is 3.88. The van der Waals surface area contributed by atoms with Crippen molar-refractivity contribution in [3.05, 3.63) is 35.3 Å². The molecule has 0 amide bonds. The molecule has 0 radical (unpaired) electrons. The Morgan fingerprint density at radius 2 is 1.90 bits per heavy atom. The Kier molecular flexibility index (Phi) is 5.56. The second-order valence-electron chi connectivity index (χ2n) is 10.8. The van der Waals surface area contributed by atoms with E-state index >= 15 is 0 Å². The molecule has 0 N–H and O–H groups in total. The number of nitrogens with zero attached hydrogens (tertiary/aromatic N) is 1. The van der Waals surface area contributed by atoms with Gasteiger partial charge < -0.3 is 18.9 Å². The first kappa shape index (κ1) is 22.8. The molecule has 4 rings (SSSR count). The lowest BCUT2D eigenvalue weighted by Gasteiger charge is -2.42. The van der Waals surface area contributed by atoms with Crippen LogP contribution in [-0.2, 0) is 23.7 Å². The largest absolute Gasteiger partial charge is 0.495 e. The first-order valence-corrected chi connectivity index (χ1v) is 14.9. The fourth-order valence-corrected chi connectivity index (χ4v) is 7.85. The van der Waals surface area contributed by atoms with Gasteiger partial charge in [-0.2, -0.15) is 0 Å². The lowest BCUT2D eigenvalue weighted by atomic mass is 9.74. The van der Waals surface area contributed by atoms with Crippen LogP contribution in [0.25, 0.3) is 0 Å². The number of carbonyl (C=O) groups is 1. The van der Waals surface area contributed by atoms with Gasteiger partial charge in [0.25, 0.3) is 0 Å². The van der Waals surface area contributed by atoms with E-state index < -0.39 is 19.4 Å². The zero-order valence-corrected chi connectivity index (χ0v) is 21.2. The molecule has 0 aromatic rings. The van der Waals surface area contributed by atoms with E-state index in [0.29, 0.717) is 23.5 Å². The smallest absolute Gasteiger partial charge is 0.202 e. The quantitative estimate of drug-likeness (QED) is 0.596. The predicted molar refractivity (Wildman–Crippen MR) is 122 cm³/mol. The summed E-state index contributed by atoms with van der Waals surface area (Å²) in [5, 5.41) is 0. The summed E-state index contributed by atoms with van der Waals surface area (Å²) in [4.78, 5) is 15.0. The average molecular weight is 448 g/mol. The highest BCUT2D eigenvalue weighted by Crippen LogP contribution is 2.51. The Bertz CT molecular complexity index is 855. The molecule has 6 nitrogen and oxygen atoms in total. The molecule has 7 heteroatoms. The molecule has 0 bridgehead atoms. The van der Waals surface area contributed by atoms with E-state index in [1.807, 2.05) is 13.8 Å². The van der Waals surface area contributed by atoms with Crippen molar-refractivity contribution < 1.29 is 23.7 Å². The van der Waals surface area contributed by atoms with Gasteiger partial charge in [0.05, 0.1) is 28.4 Å². The van der Waals surface area contributed by atoms with E-state index in [1.165, 1.54) is 5.57 Å². The van der Waals surface area contributed by atoms with Gasteiger partial charge >= 0.3 is 0 Å². The van der Waals surface area contributed by atoms with Crippen LogP contribution in [0, 0.1) is 5.92 Å². The molecule has 0 aromatic carbocycles. The van der Waals surface area contributed by atoms with E-state index in [0.717, 1.165) is 13.0 Å². The van der Waals surface area contributed by atoms with Crippen molar-refractivity contribution in [2.75, 3.05) is 27.8 Å². The molecule has 2 fully saturated rings. The first-order chi connectivity index (χ1) is 14.4. The number of ether oxygens (including phenoxy) is 4. The number of ketones is 1. The summed E-state index contributed by atoms with van der Waals surface area (Å²) in [5.41, 5.74) is 1.08. The van der Waals surface area contributed by atoms with Gasteiger partial charge in [-0.25, -0.2) is 0 Å². The first-order valence-electron chi connectivity index (χ1n) is 11.3. The number of fused-ring (bicyclic) bond motifs is 2. The van der Waals surface area contributed by atoms with Gasteiger partial charge in [0.1, 0.15) is 11.6 Å². The highest BCUT2D eigenvalue weighted by molar-refractivity contribution is 6.78. The summed E-state index contributed by atoms with van der Waals surface area (Å²) in [6.45, 7) is 12.1. The summed E-state index contributed by atoms with van der Waals surface area (Å²) in [6, 6.07) is 0. The summed E-state index contributed by atoms with van der Waals surface area (Å²) < 4.78 is 24.0. The number of rotatable bonds is 5. The maximum atomic E-state index is 12.7. The lowest BCUT2D eigenvalue weighted by Crippen LogP contribution is -2.50. The SMILES string of the molecule is COC1=C(OC)[C@]2(/C=C\C3=C[C@@H]([Si](C)(C)C)[C@H]4OC(C)(C)O[C@@H]34)[C@@H](CCN2C)CC1=O. The minimum Gasteiger partial charge on any atom is -0.495 e. The molecule has 2 aliphatic heterocycles. The maximum Gasteiger partial charge on any atom is 0.202 e. The second-order valence-corrected chi connectivity index (χ2v) is 16.2. The van der Waals surface area contributed by atoms with Crippen LogP contribution < -0.4 is 0 Å². The van der Waals surface area contributed by atoms with Crippen LogP contribution in [0.4, 0.5) is 0 Å². The van der Waals surface area contributed by atoms with Crippen LogP contribution in [0.2, 0.25) is 25.2 Å². The zero-order chi connectivity index (χ0) is 22.8. The van der Waals surface area contributed by atoms with Gasteiger partial charge in [-0.3, -0.25) is 9.69 Å². The van der Waals surface area contributed by atoms with Gasteiger partial charge in [-0.1, -0.05) is 37.9 Å². The highest BCUT2D eigenvalue weighted by atomic mass is 28.3. The van der Waals surface area contributed by atoms with Crippen LogP contribution in [0.3, 0.4) is 0 Å². The molecule has 2 aliphatic carbocycles. The summed E-state index contributed by atoms with van der Waals surface area (Å²) >= 11 is 0. The highest BCUT2D eigenvalue weighted by Gasteiger charge is 2.56. The number of carbonyl (C=O) groups excluding carboxylic acids is 1. The Hall–Kier alpha value is -1.41. The number of allylic oxidation sites excluding steroid dienone is 1. The maximum absolute atomic E-state index is 12.7. The molecule has 0 spiro atoms. The van der Waals surface area contributed by atoms with Crippen molar-refractivity contribution in [2.45, 2.75) is 75.4 Å². The number of Topliss-reactive ketones (excluding diaryl/α,β-unsaturated/α-hetero) is 1. The molecule has 0 saturated carbocycles. The van der Waals surface area contributed by atoms with Crippen LogP contribution in [0.1, 0.15) is 26.7 Å². The zero-order valence-electron chi connectivity index (χ0n) is 20.2. The van der Waals surface area contributed by atoms with Gasteiger partial charge in [-0.05, 0) is 45.4 Å². The van der Waals surface area contributed by atoms with E-state index in [4.69, 9.17) is 18.9 Å². The number of hydrogen-bond donors (Lipinski definition) is 0. The van der Waals surface area contributed by atoms with Crippen LogP contribution >= 0.6 is 0 Å². The topological polar surface area (TPSA) is 57.2 Å². The molecule has 5 atom stereocenters. The third kappa shape index (κ3) is 3.54. The number of likely N-dealkylation sites (tertiary alicyclic amines) is 1. The standard InChI is InChI=1S/C24H37NO5Si/c1-23(2)29-19-15(13-18(21(19)30-23)31(6,7)8)9-11-24-16(10-12-25(24)3)14-17(26)20(27-4)22(24)28-5/h9,11,13,16,18-19,21H,10,12,14H2,1-8H3/b11-9-/t16-,18+,19-,21+,24-/m0/s1. The minimum atomic E-state index is -1.50. The second kappa shape index (κ2) is 7.58. The molecule has 2 saturated heterocycles. The fourth-order valence-electron chi connectivity index (χ4n) is 5.93. The van der Waals surface area contributed by atoms with Gasteiger partial charge in [-0.15, -0.1) is 0 Å². The number of likely N-dealkylation sites (N-methyl/N-ethyl adjacent to an activating group) is 1. The number of methoxy groups -OCH3 is 2. The van der Waals surface area contributed by atoms with Crippen LogP contribution in [0.15, 0.2) is 35.3 Å². The summed E-state index contributed by atoms with van der Waals surface area (Å²) in [7, 11) is 3.79. The van der Waals surface area contributed by atoms with E-state index in [2.05, 4.69) is 49.8 Å². The third-order valence-electron chi connectivity index (χ3n) is 7.44. The van der Waals surface area contributed by atoms with Crippen LogP contribution in [-0.4, -0.2) is 70.1 Å². The normalized spacial score (nSPS) is 37.9. The third-order valence-corrected chi connectivity index (χ3v) is 9.94. The molecule has 0 unspecified atom stereocenters. The van der Waals surface area contributed by atoms with Crippen molar-refractivity contribution in [1.82, 2.24) is 4.90 Å². The average Bonchev–Trinajstić information content (AvgIpc) is 3.27. The van der Waals surface area contributed by atoms with Gasteiger partial charge in [0.15, 0.2) is 11.5 Å². The molecular weight excluding hydrogens is 410 g/mol. The Labute approximate surface area is 187 Å². The molecular formula is C24H37NO5Si. The molecule has 31 heavy (non-hydrogen) atoms. The molecule has 172 valence electrons. The molecule has 2 heterocycles.